The van der Waals surface area contributed by atoms with Gasteiger partial charge < -0.3 is 15.6 Å². The van der Waals surface area contributed by atoms with Gasteiger partial charge in [0.1, 0.15) is 0 Å². The van der Waals surface area contributed by atoms with E-state index >= 15 is 0 Å². The lowest BCUT2D eigenvalue weighted by Gasteiger charge is -2.12. The molecule has 0 bridgehead atoms. The molecule has 0 aliphatic carbocycles. The summed E-state index contributed by atoms with van der Waals surface area (Å²) in [5, 5.41) is 10.2. The molecule has 0 heterocycles. The van der Waals surface area contributed by atoms with E-state index in [0.29, 0.717) is 16.3 Å². The van der Waals surface area contributed by atoms with Crippen molar-refractivity contribution in [3.63, 3.8) is 0 Å². The van der Waals surface area contributed by atoms with Crippen LogP contribution in [0.4, 0.5) is 0 Å². The highest BCUT2D eigenvalue weighted by Gasteiger charge is 2.14. The molecule has 78 valence electrons. The lowest BCUT2D eigenvalue weighted by molar-refractivity contribution is 0.370. The Hall–Kier alpha value is -0.930. The highest BCUT2D eigenvalue weighted by atomic mass is 35.5. The molecule has 0 fully saturated rings. The topological polar surface area (TPSA) is 55.5 Å². The number of halogens is 1. The molecule has 0 amide bonds. The third-order valence-electron chi connectivity index (χ3n) is 2.18. The Morgan fingerprint density at radius 2 is 2.21 bits per heavy atom. The minimum absolute atomic E-state index is 0.0391. The van der Waals surface area contributed by atoms with Crippen LogP contribution in [0.15, 0.2) is 6.07 Å². The van der Waals surface area contributed by atoms with Crippen molar-refractivity contribution in [1.29, 1.82) is 0 Å². The Bertz CT molecular complexity index is 311. The van der Waals surface area contributed by atoms with Gasteiger partial charge in [0.2, 0.25) is 0 Å². The number of nitrogens with two attached hydrogens (primary N) is 1. The molecular formula is C10H14ClNO2. The second kappa shape index (κ2) is 4.53. The minimum atomic E-state index is 0.0391. The molecule has 0 aromatic heterocycles. The number of phenolic OH excluding ortho intramolecular Hbond substituents is 1. The number of aryl methyl sites for hydroxylation is 1. The van der Waals surface area contributed by atoms with Gasteiger partial charge in [0, 0.05) is 12.1 Å². The molecule has 1 aromatic rings. The predicted molar refractivity (Wildman–Crippen MR) is 56.9 cm³/mol. The third-order valence-corrected chi connectivity index (χ3v) is 2.65. The lowest BCUT2D eigenvalue weighted by atomic mass is 10.1. The Kier molecular flexibility index (Phi) is 3.61. The van der Waals surface area contributed by atoms with Crippen LogP contribution < -0.4 is 10.5 Å². The van der Waals surface area contributed by atoms with E-state index in [1.54, 1.807) is 6.07 Å². The molecule has 0 saturated carbocycles. The first kappa shape index (κ1) is 11.1. The zero-order valence-corrected chi connectivity index (χ0v) is 9.06. The van der Waals surface area contributed by atoms with Gasteiger partial charge in [-0.2, -0.15) is 0 Å². The Morgan fingerprint density at radius 1 is 1.57 bits per heavy atom. The van der Waals surface area contributed by atoms with Crippen molar-refractivity contribution in [3.8, 4) is 11.5 Å². The summed E-state index contributed by atoms with van der Waals surface area (Å²) in [5.41, 5.74) is 6.98. The van der Waals surface area contributed by atoms with Crippen molar-refractivity contribution in [3.05, 3.63) is 22.2 Å². The van der Waals surface area contributed by atoms with Crippen molar-refractivity contribution < 1.29 is 9.84 Å². The van der Waals surface area contributed by atoms with E-state index in [1.807, 2.05) is 6.92 Å². The summed E-state index contributed by atoms with van der Waals surface area (Å²) in [7, 11) is 1.50. The van der Waals surface area contributed by atoms with Gasteiger partial charge in [-0.25, -0.2) is 0 Å². The maximum Gasteiger partial charge on any atom is 0.163 e. The van der Waals surface area contributed by atoms with Gasteiger partial charge in [0.05, 0.1) is 12.1 Å². The van der Waals surface area contributed by atoms with E-state index in [0.717, 1.165) is 12.0 Å². The molecule has 4 heteroatoms. The number of hydrogen-bond acceptors (Lipinski definition) is 3. The second-order valence-corrected chi connectivity index (χ2v) is 3.31. The van der Waals surface area contributed by atoms with Gasteiger partial charge in [-0.3, -0.25) is 0 Å². The quantitative estimate of drug-likeness (QED) is 0.812. The van der Waals surface area contributed by atoms with Crippen LogP contribution in [0.3, 0.4) is 0 Å². The molecule has 0 unspecified atom stereocenters. The summed E-state index contributed by atoms with van der Waals surface area (Å²) in [6, 6.07) is 1.73. The largest absolute Gasteiger partial charge is 0.504 e. The summed E-state index contributed by atoms with van der Waals surface area (Å²) in [6.45, 7) is 2.19. The van der Waals surface area contributed by atoms with E-state index in [4.69, 9.17) is 22.1 Å². The molecule has 0 spiro atoms. The molecule has 0 aliphatic heterocycles. The maximum absolute atomic E-state index is 9.70. The lowest BCUT2D eigenvalue weighted by Crippen LogP contribution is -2.01. The van der Waals surface area contributed by atoms with E-state index in [2.05, 4.69) is 0 Å². The SMILES string of the molecule is CCc1cc(OC)c(O)c(CN)c1Cl. The van der Waals surface area contributed by atoms with Crippen LogP contribution in [0.25, 0.3) is 0 Å². The fraction of sp³-hybridized carbons (Fsp3) is 0.400. The number of hydrogen-bond donors (Lipinski definition) is 2. The molecule has 0 atom stereocenters. The second-order valence-electron chi connectivity index (χ2n) is 2.94. The normalized spacial score (nSPS) is 10.3. The molecule has 3 nitrogen and oxygen atoms in total. The van der Waals surface area contributed by atoms with Gasteiger partial charge in [-0.1, -0.05) is 18.5 Å². The van der Waals surface area contributed by atoms with Crippen molar-refractivity contribution in [2.75, 3.05) is 7.11 Å². The number of aromatic hydroxyl groups is 1. The molecule has 0 aliphatic rings. The summed E-state index contributed by atoms with van der Waals surface area (Å²) < 4.78 is 5.02. The number of methoxy groups -OCH3 is 1. The maximum atomic E-state index is 9.70. The summed E-state index contributed by atoms with van der Waals surface area (Å²) in [4.78, 5) is 0. The smallest absolute Gasteiger partial charge is 0.163 e. The van der Waals surface area contributed by atoms with E-state index < -0.39 is 0 Å². The number of rotatable bonds is 3. The van der Waals surface area contributed by atoms with Crippen molar-refractivity contribution in [2.24, 2.45) is 5.73 Å². The van der Waals surface area contributed by atoms with Crippen LogP contribution in [0.2, 0.25) is 5.02 Å². The third kappa shape index (κ3) is 1.79. The van der Waals surface area contributed by atoms with Crippen molar-refractivity contribution in [2.45, 2.75) is 19.9 Å². The first-order valence-electron chi connectivity index (χ1n) is 4.42. The molecule has 14 heavy (non-hydrogen) atoms. The minimum Gasteiger partial charge on any atom is -0.504 e. The first-order chi connectivity index (χ1) is 6.65. The summed E-state index contributed by atoms with van der Waals surface area (Å²) in [6.07, 6.45) is 0.780. The molecule has 1 rings (SSSR count). The number of benzene rings is 1. The first-order valence-corrected chi connectivity index (χ1v) is 4.80. The molecule has 0 saturated heterocycles. The number of phenols is 1. The average molecular weight is 216 g/mol. The van der Waals surface area contributed by atoms with Gasteiger partial charge in [0.15, 0.2) is 11.5 Å². The zero-order valence-electron chi connectivity index (χ0n) is 8.30. The van der Waals surface area contributed by atoms with Gasteiger partial charge >= 0.3 is 0 Å². The monoisotopic (exact) mass is 215 g/mol. The predicted octanol–water partition coefficient (Wildman–Crippen LogP) is 2.08. The molecule has 1 aromatic carbocycles. The van der Waals surface area contributed by atoms with E-state index in [-0.39, 0.29) is 12.3 Å². The van der Waals surface area contributed by atoms with Crippen LogP contribution in [0, 0.1) is 0 Å². The van der Waals surface area contributed by atoms with Gasteiger partial charge in [-0.15, -0.1) is 0 Å². The zero-order chi connectivity index (χ0) is 10.7. The van der Waals surface area contributed by atoms with E-state index in [1.165, 1.54) is 7.11 Å². The van der Waals surface area contributed by atoms with E-state index in [9.17, 15) is 5.11 Å². The van der Waals surface area contributed by atoms with Gasteiger partial charge in [0.25, 0.3) is 0 Å². The van der Waals surface area contributed by atoms with Crippen LogP contribution in [-0.2, 0) is 13.0 Å². The van der Waals surface area contributed by atoms with Crippen LogP contribution in [-0.4, -0.2) is 12.2 Å². The highest BCUT2D eigenvalue weighted by molar-refractivity contribution is 6.32. The van der Waals surface area contributed by atoms with Crippen LogP contribution in [0.1, 0.15) is 18.1 Å². The Labute approximate surface area is 88.4 Å². The van der Waals surface area contributed by atoms with Crippen molar-refractivity contribution in [1.82, 2.24) is 0 Å². The average Bonchev–Trinajstić information content (AvgIpc) is 2.19. The molecule has 0 radical (unpaired) electrons. The molecular weight excluding hydrogens is 202 g/mol. The van der Waals surface area contributed by atoms with Crippen LogP contribution >= 0.6 is 11.6 Å². The summed E-state index contributed by atoms with van der Waals surface area (Å²) >= 11 is 6.05. The highest BCUT2D eigenvalue weighted by Crippen LogP contribution is 2.37. The fourth-order valence-corrected chi connectivity index (χ4v) is 1.69. The fourth-order valence-electron chi connectivity index (χ4n) is 1.34. The standard InChI is InChI=1S/C10H14ClNO2/c1-3-6-4-8(14-2)10(13)7(5-12)9(6)11/h4,13H,3,5,12H2,1-2H3. The van der Waals surface area contributed by atoms with Crippen LogP contribution in [0.5, 0.6) is 11.5 Å². The van der Waals surface area contributed by atoms with Crippen molar-refractivity contribution >= 4 is 11.6 Å². The summed E-state index contributed by atoms with van der Waals surface area (Å²) in [5.74, 6) is 0.462. The number of ether oxygens (including phenoxy) is 1. The Morgan fingerprint density at radius 3 is 2.64 bits per heavy atom. The Balaban J connectivity index is 3.39. The van der Waals surface area contributed by atoms with Gasteiger partial charge in [-0.05, 0) is 18.1 Å². The molecule has 3 N–H and O–H groups in total.